The van der Waals surface area contributed by atoms with Crippen LogP contribution in [0.3, 0.4) is 0 Å². The lowest BCUT2D eigenvalue weighted by molar-refractivity contribution is 0.211. The third kappa shape index (κ3) is 2.10. The number of fused-ring (bicyclic) bond motifs is 2. The van der Waals surface area contributed by atoms with Crippen LogP contribution < -0.4 is 10.5 Å². The largest absolute Gasteiger partial charge is 0.488 e. The number of hydrogen-bond donors (Lipinski definition) is 1. The average molecular weight is 278 g/mol. The zero-order chi connectivity index (χ0) is 14.2. The van der Waals surface area contributed by atoms with E-state index in [1.54, 1.807) is 0 Å². The molecule has 0 amide bonds. The highest BCUT2D eigenvalue weighted by Gasteiger charge is 2.22. The van der Waals surface area contributed by atoms with E-state index in [9.17, 15) is 0 Å². The number of benzene rings is 2. The van der Waals surface area contributed by atoms with Crippen LogP contribution in [0.15, 0.2) is 54.7 Å². The van der Waals surface area contributed by atoms with E-state index in [1.165, 1.54) is 22.0 Å². The number of nitrogens with two attached hydrogens (primary N) is 1. The molecule has 2 N–H and O–H groups in total. The standard InChI is InChI=1S/C18H18N2O/c19-11-14-5-3-6-17-16(14)8-9-20(17)12-15-10-13-4-1-2-7-18(13)21-15/h1-9,15H,10-12,19H2. The van der Waals surface area contributed by atoms with Crippen molar-refractivity contribution in [3.8, 4) is 5.75 Å². The van der Waals surface area contributed by atoms with E-state index in [0.29, 0.717) is 6.54 Å². The van der Waals surface area contributed by atoms with Crippen LogP contribution in [0.2, 0.25) is 0 Å². The molecule has 0 fully saturated rings. The highest BCUT2D eigenvalue weighted by Crippen LogP contribution is 2.29. The minimum atomic E-state index is 0.208. The lowest BCUT2D eigenvalue weighted by atomic mass is 10.1. The summed E-state index contributed by atoms with van der Waals surface area (Å²) in [6.07, 6.45) is 3.32. The number of nitrogens with zero attached hydrogens (tertiary/aromatic N) is 1. The van der Waals surface area contributed by atoms with Crippen LogP contribution in [0.4, 0.5) is 0 Å². The van der Waals surface area contributed by atoms with Crippen LogP contribution >= 0.6 is 0 Å². The van der Waals surface area contributed by atoms with E-state index in [2.05, 4.69) is 53.2 Å². The third-order valence-electron chi connectivity index (χ3n) is 4.24. The fraction of sp³-hybridized carbons (Fsp3) is 0.222. The van der Waals surface area contributed by atoms with Gasteiger partial charge in [0.25, 0.3) is 0 Å². The molecule has 106 valence electrons. The Morgan fingerprint density at radius 3 is 2.86 bits per heavy atom. The molecule has 0 saturated heterocycles. The molecule has 0 aliphatic carbocycles. The minimum Gasteiger partial charge on any atom is -0.488 e. The molecule has 21 heavy (non-hydrogen) atoms. The SMILES string of the molecule is NCc1cccc2c1ccn2CC1Cc2ccccc2O1. The van der Waals surface area contributed by atoms with Gasteiger partial charge >= 0.3 is 0 Å². The Kier molecular flexibility index (Phi) is 2.93. The van der Waals surface area contributed by atoms with Crippen molar-refractivity contribution in [2.24, 2.45) is 5.73 Å². The topological polar surface area (TPSA) is 40.2 Å². The third-order valence-corrected chi connectivity index (χ3v) is 4.24. The summed E-state index contributed by atoms with van der Waals surface area (Å²) in [5.41, 5.74) is 9.55. The Hall–Kier alpha value is -2.26. The highest BCUT2D eigenvalue weighted by atomic mass is 16.5. The number of ether oxygens (including phenoxy) is 1. The Morgan fingerprint density at radius 1 is 1.10 bits per heavy atom. The van der Waals surface area contributed by atoms with E-state index in [4.69, 9.17) is 10.5 Å². The van der Waals surface area contributed by atoms with Gasteiger partial charge in [0.05, 0.1) is 6.54 Å². The Morgan fingerprint density at radius 2 is 2.00 bits per heavy atom. The molecular formula is C18H18N2O. The van der Waals surface area contributed by atoms with Crippen LogP contribution in [-0.4, -0.2) is 10.7 Å². The van der Waals surface area contributed by atoms with Crippen molar-refractivity contribution >= 4 is 10.9 Å². The Labute approximate surface area is 123 Å². The summed E-state index contributed by atoms with van der Waals surface area (Å²) < 4.78 is 8.31. The first-order chi connectivity index (χ1) is 10.3. The van der Waals surface area contributed by atoms with Gasteiger partial charge in [-0.1, -0.05) is 30.3 Å². The van der Waals surface area contributed by atoms with Crippen molar-refractivity contribution in [3.63, 3.8) is 0 Å². The molecule has 0 spiro atoms. The Balaban J connectivity index is 1.62. The maximum atomic E-state index is 6.04. The number of aromatic nitrogens is 1. The summed E-state index contributed by atoms with van der Waals surface area (Å²) in [5.74, 6) is 1.03. The molecule has 2 heterocycles. The smallest absolute Gasteiger partial charge is 0.123 e. The molecule has 0 bridgehead atoms. The fourth-order valence-corrected chi connectivity index (χ4v) is 3.20. The second kappa shape index (κ2) is 4.93. The van der Waals surface area contributed by atoms with E-state index in [-0.39, 0.29) is 6.10 Å². The highest BCUT2D eigenvalue weighted by molar-refractivity contribution is 5.83. The molecular weight excluding hydrogens is 260 g/mol. The van der Waals surface area contributed by atoms with Crippen LogP contribution in [0.25, 0.3) is 10.9 Å². The summed E-state index contributed by atoms with van der Waals surface area (Å²) in [6.45, 7) is 1.44. The van der Waals surface area contributed by atoms with Crippen LogP contribution in [0.1, 0.15) is 11.1 Å². The van der Waals surface area contributed by atoms with E-state index in [1.807, 2.05) is 6.07 Å². The predicted octanol–water partition coefficient (Wildman–Crippen LogP) is 3.10. The molecule has 3 heteroatoms. The normalized spacial score (nSPS) is 16.9. The van der Waals surface area contributed by atoms with Gasteiger partial charge < -0.3 is 15.0 Å². The van der Waals surface area contributed by atoms with Crippen LogP contribution in [-0.2, 0) is 19.5 Å². The van der Waals surface area contributed by atoms with Crippen LogP contribution in [0, 0.1) is 0 Å². The number of para-hydroxylation sites is 1. The molecule has 3 nitrogen and oxygen atoms in total. The fourth-order valence-electron chi connectivity index (χ4n) is 3.20. The van der Waals surface area contributed by atoms with Crippen molar-refractivity contribution in [3.05, 3.63) is 65.9 Å². The zero-order valence-corrected chi connectivity index (χ0v) is 11.8. The molecule has 1 aromatic heterocycles. The maximum absolute atomic E-state index is 6.04. The summed E-state index contributed by atoms with van der Waals surface area (Å²) >= 11 is 0. The summed E-state index contributed by atoms with van der Waals surface area (Å²) in [5, 5.41) is 1.25. The lowest BCUT2D eigenvalue weighted by Crippen LogP contribution is -2.20. The quantitative estimate of drug-likeness (QED) is 0.799. The first kappa shape index (κ1) is 12.5. The molecule has 1 aliphatic rings. The average Bonchev–Trinajstić information content (AvgIpc) is 3.11. The monoisotopic (exact) mass is 278 g/mol. The van der Waals surface area contributed by atoms with Crippen molar-refractivity contribution in [2.75, 3.05) is 0 Å². The number of hydrogen-bond acceptors (Lipinski definition) is 2. The van der Waals surface area contributed by atoms with Crippen molar-refractivity contribution in [1.82, 2.24) is 4.57 Å². The van der Waals surface area contributed by atoms with E-state index in [0.717, 1.165) is 18.7 Å². The molecule has 0 saturated carbocycles. The van der Waals surface area contributed by atoms with Gasteiger partial charge in [-0.15, -0.1) is 0 Å². The second-order valence-corrected chi connectivity index (χ2v) is 5.57. The van der Waals surface area contributed by atoms with Gasteiger partial charge in [0.1, 0.15) is 11.9 Å². The van der Waals surface area contributed by atoms with Crippen molar-refractivity contribution in [1.29, 1.82) is 0 Å². The maximum Gasteiger partial charge on any atom is 0.123 e. The first-order valence-corrected chi connectivity index (χ1v) is 7.36. The number of rotatable bonds is 3. The molecule has 1 unspecified atom stereocenters. The van der Waals surface area contributed by atoms with Gasteiger partial charge in [-0.05, 0) is 29.3 Å². The first-order valence-electron chi connectivity index (χ1n) is 7.36. The van der Waals surface area contributed by atoms with Gasteiger partial charge in [-0.2, -0.15) is 0 Å². The lowest BCUT2D eigenvalue weighted by Gasteiger charge is -2.13. The zero-order valence-electron chi connectivity index (χ0n) is 11.8. The van der Waals surface area contributed by atoms with Crippen LogP contribution in [0.5, 0.6) is 5.75 Å². The molecule has 2 aromatic carbocycles. The van der Waals surface area contributed by atoms with Crippen molar-refractivity contribution < 1.29 is 4.74 Å². The molecule has 1 aliphatic heterocycles. The minimum absolute atomic E-state index is 0.208. The Bertz CT molecular complexity index is 766. The predicted molar refractivity (Wildman–Crippen MR) is 84.4 cm³/mol. The van der Waals surface area contributed by atoms with Gasteiger partial charge in [-0.3, -0.25) is 0 Å². The van der Waals surface area contributed by atoms with Gasteiger partial charge in [0.2, 0.25) is 0 Å². The molecule has 1 atom stereocenters. The van der Waals surface area contributed by atoms with Crippen molar-refractivity contribution in [2.45, 2.75) is 25.6 Å². The van der Waals surface area contributed by atoms with E-state index < -0.39 is 0 Å². The summed E-state index contributed by atoms with van der Waals surface area (Å²) in [7, 11) is 0. The van der Waals surface area contributed by atoms with Gasteiger partial charge in [0.15, 0.2) is 0 Å². The summed E-state index contributed by atoms with van der Waals surface area (Å²) in [6, 6.07) is 16.8. The molecule has 0 radical (unpaired) electrons. The van der Waals surface area contributed by atoms with Gasteiger partial charge in [-0.25, -0.2) is 0 Å². The van der Waals surface area contributed by atoms with E-state index >= 15 is 0 Å². The van der Waals surface area contributed by atoms with Gasteiger partial charge in [0, 0.05) is 30.1 Å². The molecule has 3 aromatic rings. The second-order valence-electron chi connectivity index (χ2n) is 5.57. The molecule has 4 rings (SSSR count). The summed E-state index contributed by atoms with van der Waals surface area (Å²) in [4.78, 5) is 0.